The molecular formula is C15H17N5O. The van der Waals surface area contributed by atoms with Crippen LogP contribution < -0.4 is 5.73 Å². The summed E-state index contributed by atoms with van der Waals surface area (Å²) in [4.78, 5) is 12.2. The lowest BCUT2D eigenvalue weighted by Crippen LogP contribution is -2.35. The number of aromatic nitrogens is 4. The molecule has 6 nitrogen and oxygen atoms in total. The summed E-state index contributed by atoms with van der Waals surface area (Å²) in [7, 11) is 0. The highest BCUT2D eigenvalue weighted by Gasteiger charge is 2.43. The van der Waals surface area contributed by atoms with Gasteiger partial charge >= 0.3 is 0 Å². The van der Waals surface area contributed by atoms with E-state index in [4.69, 9.17) is 10.3 Å². The number of imidazole rings is 1. The maximum atomic E-state index is 6.29. The van der Waals surface area contributed by atoms with Gasteiger partial charge < -0.3 is 15.2 Å². The molecule has 0 saturated heterocycles. The van der Waals surface area contributed by atoms with Crippen molar-refractivity contribution in [2.75, 3.05) is 0 Å². The molecule has 2 heterocycles. The van der Waals surface area contributed by atoms with Gasteiger partial charge in [-0.25, -0.2) is 4.98 Å². The number of para-hydroxylation sites is 2. The van der Waals surface area contributed by atoms with E-state index >= 15 is 0 Å². The summed E-state index contributed by atoms with van der Waals surface area (Å²) >= 11 is 0. The molecule has 3 N–H and O–H groups in total. The maximum absolute atomic E-state index is 6.29. The SMILES string of the molecule is CC(N)(c1nc(Cc2nc3ccccc3[nH]2)no1)C1CC1. The highest BCUT2D eigenvalue weighted by Crippen LogP contribution is 2.43. The molecule has 108 valence electrons. The molecule has 21 heavy (non-hydrogen) atoms. The lowest BCUT2D eigenvalue weighted by molar-refractivity contribution is 0.272. The Bertz CT molecular complexity index is 751. The number of nitrogens with two attached hydrogens (primary N) is 1. The maximum Gasteiger partial charge on any atom is 0.246 e. The summed E-state index contributed by atoms with van der Waals surface area (Å²) in [6.07, 6.45) is 2.78. The third-order valence-electron chi connectivity index (χ3n) is 4.12. The minimum Gasteiger partial charge on any atom is -0.342 e. The summed E-state index contributed by atoms with van der Waals surface area (Å²) < 4.78 is 5.35. The predicted octanol–water partition coefficient (Wildman–Crippen LogP) is 2.12. The van der Waals surface area contributed by atoms with Crippen LogP contribution in [0.1, 0.15) is 37.3 Å². The van der Waals surface area contributed by atoms with E-state index in [1.165, 1.54) is 0 Å². The minimum absolute atomic E-state index is 0.456. The number of fused-ring (bicyclic) bond motifs is 1. The van der Waals surface area contributed by atoms with E-state index in [2.05, 4.69) is 20.1 Å². The Balaban J connectivity index is 1.58. The Morgan fingerprint density at radius 3 is 2.90 bits per heavy atom. The van der Waals surface area contributed by atoms with Crippen molar-refractivity contribution < 1.29 is 4.52 Å². The van der Waals surface area contributed by atoms with Crippen LogP contribution in [-0.4, -0.2) is 20.1 Å². The molecule has 1 aromatic carbocycles. The Labute approximate surface area is 121 Å². The molecular weight excluding hydrogens is 266 g/mol. The zero-order chi connectivity index (χ0) is 14.4. The molecule has 3 aromatic rings. The quantitative estimate of drug-likeness (QED) is 0.765. The monoisotopic (exact) mass is 283 g/mol. The Morgan fingerprint density at radius 2 is 2.14 bits per heavy atom. The topological polar surface area (TPSA) is 93.6 Å². The van der Waals surface area contributed by atoms with Crippen LogP contribution in [-0.2, 0) is 12.0 Å². The van der Waals surface area contributed by atoms with E-state index in [1.807, 2.05) is 31.2 Å². The number of hydrogen-bond acceptors (Lipinski definition) is 5. The van der Waals surface area contributed by atoms with Crippen molar-refractivity contribution in [2.45, 2.75) is 31.7 Å². The fourth-order valence-corrected chi connectivity index (χ4v) is 2.64. The number of aromatic amines is 1. The molecule has 0 bridgehead atoms. The molecule has 2 aromatic heterocycles. The summed E-state index contributed by atoms with van der Waals surface area (Å²) in [5.41, 5.74) is 7.73. The fraction of sp³-hybridized carbons (Fsp3) is 0.400. The highest BCUT2D eigenvalue weighted by atomic mass is 16.5. The van der Waals surface area contributed by atoms with Gasteiger partial charge in [0.25, 0.3) is 0 Å². The van der Waals surface area contributed by atoms with E-state index in [0.29, 0.717) is 24.1 Å². The van der Waals surface area contributed by atoms with E-state index in [0.717, 1.165) is 29.7 Å². The number of nitrogens with zero attached hydrogens (tertiary/aromatic N) is 3. The second-order valence-corrected chi connectivity index (χ2v) is 5.95. The van der Waals surface area contributed by atoms with Crippen LogP contribution in [0.15, 0.2) is 28.8 Å². The Kier molecular flexibility index (Phi) is 2.62. The lowest BCUT2D eigenvalue weighted by Gasteiger charge is -2.18. The van der Waals surface area contributed by atoms with Gasteiger partial charge in [0.15, 0.2) is 5.82 Å². The van der Waals surface area contributed by atoms with Crippen molar-refractivity contribution in [3.63, 3.8) is 0 Å². The standard InChI is InChI=1S/C15H17N5O/c1-15(16,9-6-7-9)14-19-13(20-21-14)8-12-17-10-4-2-3-5-11(10)18-12/h2-5,9H,6-8,16H2,1H3,(H,17,18). The summed E-state index contributed by atoms with van der Waals surface area (Å²) in [5.74, 6) is 2.42. The van der Waals surface area contributed by atoms with Gasteiger partial charge in [-0.05, 0) is 37.8 Å². The second kappa shape index (κ2) is 4.39. The van der Waals surface area contributed by atoms with Crippen LogP contribution in [0.5, 0.6) is 0 Å². The summed E-state index contributed by atoms with van der Waals surface area (Å²) in [5, 5.41) is 4.03. The number of H-pyrrole nitrogens is 1. The zero-order valence-electron chi connectivity index (χ0n) is 11.8. The van der Waals surface area contributed by atoms with Gasteiger partial charge in [0, 0.05) is 0 Å². The number of benzene rings is 1. The fourth-order valence-electron chi connectivity index (χ4n) is 2.64. The van der Waals surface area contributed by atoms with E-state index in [-0.39, 0.29) is 0 Å². The minimum atomic E-state index is -0.515. The zero-order valence-corrected chi connectivity index (χ0v) is 11.8. The van der Waals surface area contributed by atoms with Crippen LogP contribution >= 0.6 is 0 Å². The van der Waals surface area contributed by atoms with E-state index in [9.17, 15) is 0 Å². The van der Waals surface area contributed by atoms with Gasteiger partial charge in [-0.1, -0.05) is 17.3 Å². The molecule has 1 fully saturated rings. The van der Waals surface area contributed by atoms with Crippen LogP contribution in [0.25, 0.3) is 11.0 Å². The number of nitrogens with one attached hydrogen (secondary N) is 1. The molecule has 1 aliphatic rings. The largest absolute Gasteiger partial charge is 0.342 e. The summed E-state index contributed by atoms with van der Waals surface area (Å²) in [6.45, 7) is 1.96. The lowest BCUT2D eigenvalue weighted by atomic mass is 9.97. The first-order valence-corrected chi connectivity index (χ1v) is 7.18. The van der Waals surface area contributed by atoms with Crippen LogP contribution in [0.2, 0.25) is 0 Å². The normalized spacial score (nSPS) is 18.0. The number of rotatable bonds is 4. The smallest absolute Gasteiger partial charge is 0.246 e. The van der Waals surface area contributed by atoms with Crippen molar-refractivity contribution in [1.29, 1.82) is 0 Å². The number of hydrogen-bond donors (Lipinski definition) is 2. The van der Waals surface area contributed by atoms with Crippen LogP contribution in [0.4, 0.5) is 0 Å². The third kappa shape index (κ3) is 2.21. The van der Waals surface area contributed by atoms with Gasteiger partial charge in [0.05, 0.1) is 23.0 Å². The second-order valence-electron chi connectivity index (χ2n) is 5.95. The van der Waals surface area contributed by atoms with Crippen molar-refractivity contribution in [2.24, 2.45) is 11.7 Å². The molecule has 1 unspecified atom stereocenters. The molecule has 4 rings (SSSR count). The van der Waals surface area contributed by atoms with E-state index < -0.39 is 5.54 Å². The molecule has 0 aliphatic heterocycles. The highest BCUT2D eigenvalue weighted by molar-refractivity contribution is 5.74. The first-order chi connectivity index (χ1) is 10.1. The van der Waals surface area contributed by atoms with E-state index in [1.54, 1.807) is 0 Å². The third-order valence-corrected chi connectivity index (χ3v) is 4.12. The van der Waals surface area contributed by atoms with Gasteiger partial charge in [-0.15, -0.1) is 0 Å². The average molecular weight is 283 g/mol. The average Bonchev–Trinajstić information content (AvgIpc) is 3.09. The molecule has 1 saturated carbocycles. The van der Waals surface area contributed by atoms with Crippen LogP contribution in [0.3, 0.4) is 0 Å². The molecule has 6 heteroatoms. The van der Waals surface area contributed by atoms with Crippen molar-refractivity contribution in [3.8, 4) is 0 Å². The Hall–Kier alpha value is -2.21. The van der Waals surface area contributed by atoms with Gasteiger partial charge in [-0.3, -0.25) is 0 Å². The molecule has 0 spiro atoms. The first-order valence-electron chi connectivity index (χ1n) is 7.18. The molecule has 0 radical (unpaired) electrons. The van der Waals surface area contributed by atoms with Gasteiger partial charge in [0.1, 0.15) is 5.82 Å². The van der Waals surface area contributed by atoms with Crippen molar-refractivity contribution in [1.82, 2.24) is 20.1 Å². The first kappa shape index (κ1) is 12.5. The molecule has 0 amide bonds. The van der Waals surface area contributed by atoms with Crippen LogP contribution in [0, 0.1) is 5.92 Å². The van der Waals surface area contributed by atoms with Gasteiger partial charge in [0.2, 0.25) is 5.89 Å². The summed E-state index contributed by atoms with van der Waals surface area (Å²) in [6, 6.07) is 7.92. The molecule has 1 atom stereocenters. The van der Waals surface area contributed by atoms with Crippen molar-refractivity contribution >= 4 is 11.0 Å². The molecule has 1 aliphatic carbocycles. The van der Waals surface area contributed by atoms with Gasteiger partial charge in [-0.2, -0.15) is 4.98 Å². The Morgan fingerprint density at radius 1 is 1.33 bits per heavy atom. The predicted molar refractivity (Wildman–Crippen MR) is 77.5 cm³/mol. The van der Waals surface area contributed by atoms with Crippen molar-refractivity contribution in [3.05, 3.63) is 41.8 Å².